The first-order chi connectivity index (χ1) is 8.31. The fraction of sp³-hybridized carbons (Fsp3) is 0.643. The molecule has 0 spiro atoms. The van der Waals surface area contributed by atoms with Gasteiger partial charge in [0.05, 0.1) is 6.20 Å². The Bertz CT molecular complexity index is 407. The Kier molecular flexibility index (Phi) is 3.02. The number of allylic oxidation sites excluding steroid dienone is 2. The number of hydrogen-bond donors (Lipinski definition) is 1. The molecule has 1 heterocycles. The van der Waals surface area contributed by atoms with Gasteiger partial charge in [-0.25, -0.2) is 0 Å². The summed E-state index contributed by atoms with van der Waals surface area (Å²) in [4.78, 5) is 0. The van der Waals surface area contributed by atoms with E-state index >= 15 is 0 Å². The van der Waals surface area contributed by atoms with E-state index in [1.54, 1.807) is 0 Å². The second kappa shape index (κ2) is 4.65. The average molecular weight is 231 g/mol. The summed E-state index contributed by atoms with van der Waals surface area (Å²) in [6.45, 7) is 2.26. The largest absolute Gasteiger partial charge is 0.316 e. The summed E-state index contributed by atoms with van der Waals surface area (Å²) in [5.41, 5.74) is 1.33. The van der Waals surface area contributed by atoms with Gasteiger partial charge in [-0.3, -0.25) is 4.68 Å². The molecule has 2 aliphatic rings. The van der Waals surface area contributed by atoms with Crippen LogP contribution in [0.4, 0.5) is 0 Å². The molecule has 92 valence electrons. The zero-order valence-electron chi connectivity index (χ0n) is 10.5. The monoisotopic (exact) mass is 231 g/mol. The average Bonchev–Trinajstić information content (AvgIpc) is 3.00. The Balaban J connectivity index is 1.37. The van der Waals surface area contributed by atoms with Crippen molar-refractivity contribution in [3.8, 4) is 0 Å². The molecule has 3 heteroatoms. The quantitative estimate of drug-likeness (QED) is 0.618. The molecule has 0 aromatic carbocycles. The molecule has 3 atom stereocenters. The minimum absolute atomic E-state index is 0.867. The van der Waals surface area contributed by atoms with E-state index in [2.05, 4.69) is 28.8 Å². The van der Waals surface area contributed by atoms with Crippen molar-refractivity contribution in [3.63, 3.8) is 0 Å². The fourth-order valence-electron chi connectivity index (χ4n) is 3.25. The Hall–Kier alpha value is -1.09. The van der Waals surface area contributed by atoms with E-state index in [4.69, 9.17) is 0 Å². The molecule has 0 radical (unpaired) electrons. The minimum Gasteiger partial charge on any atom is -0.316 e. The third-order valence-corrected chi connectivity index (χ3v) is 4.17. The lowest BCUT2D eigenvalue weighted by atomic mass is 9.93. The number of aromatic nitrogens is 2. The summed E-state index contributed by atoms with van der Waals surface area (Å²) in [6, 6.07) is 0. The lowest BCUT2D eigenvalue weighted by molar-refractivity contribution is 0.416. The van der Waals surface area contributed by atoms with Crippen molar-refractivity contribution in [3.05, 3.63) is 30.1 Å². The first-order valence-corrected chi connectivity index (χ1v) is 6.68. The Labute approximate surface area is 103 Å². The van der Waals surface area contributed by atoms with Gasteiger partial charge in [0.15, 0.2) is 0 Å². The molecule has 0 aliphatic heterocycles. The molecule has 1 aromatic rings. The van der Waals surface area contributed by atoms with Crippen LogP contribution in [0.25, 0.3) is 0 Å². The molecule has 3 unspecified atom stereocenters. The molecule has 1 saturated carbocycles. The van der Waals surface area contributed by atoms with E-state index < -0.39 is 0 Å². The third-order valence-electron chi connectivity index (χ3n) is 4.17. The van der Waals surface area contributed by atoms with Gasteiger partial charge in [0.1, 0.15) is 0 Å². The molecule has 2 bridgehead atoms. The third kappa shape index (κ3) is 2.44. The summed E-state index contributed by atoms with van der Waals surface area (Å²) in [5, 5.41) is 7.78. The fourth-order valence-corrected chi connectivity index (χ4v) is 3.25. The van der Waals surface area contributed by atoms with Gasteiger partial charge in [-0.1, -0.05) is 12.2 Å². The van der Waals surface area contributed by atoms with Gasteiger partial charge in [-0.05, 0) is 55.7 Å². The van der Waals surface area contributed by atoms with Gasteiger partial charge >= 0.3 is 0 Å². The van der Waals surface area contributed by atoms with Crippen molar-refractivity contribution < 1.29 is 0 Å². The standard InChI is InChI=1S/C14H21N3/c1-17-10-12(8-16-17)4-5-15-9-14-7-11-2-3-13(14)6-11/h2-3,8,10-11,13-15H,4-7,9H2,1H3. The van der Waals surface area contributed by atoms with Crippen molar-refractivity contribution in [2.24, 2.45) is 24.8 Å². The zero-order chi connectivity index (χ0) is 11.7. The van der Waals surface area contributed by atoms with E-state index in [9.17, 15) is 0 Å². The van der Waals surface area contributed by atoms with Crippen LogP contribution in [0, 0.1) is 17.8 Å². The summed E-state index contributed by atoms with van der Waals surface area (Å²) >= 11 is 0. The molecule has 3 rings (SSSR count). The van der Waals surface area contributed by atoms with Gasteiger partial charge in [0, 0.05) is 13.2 Å². The van der Waals surface area contributed by atoms with Crippen LogP contribution in [0.5, 0.6) is 0 Å². The molecular formula is C14H21N3. The first-order valence-electron chi connectivity index (χ1n) is 6.68. The van der Waals surface area contributed by atoms with E-state index in [1.807, 2.05) is 17.9 Å². The summed E-state index contributed by atoms with van der Waals surface area (Å²) in [5.74, 6) is 2.65. The lowest BCUT2D eigenvalue weighted by Crippen LogP contribution is -2.27. The van der Waals surface area contributed by atoms with E-state index in [0.717, 1.165) is 30.7 Å². The first kappa shape index (κ1) is 11.0. The van der Waals surface area contributed by atoms with Crippen molar-refractivity contribution in [2.75, 3.05) is 13.1 Å². The summed E-state index contributed by atoms with van der Waals surface area (Å²) in [7, 11) is 1.97. The molecule has 1 N–H and O–H groups in total. The van der Waals surface area contributed by atoms with Crippen molar-refractivity contribution in [2.45, 2.75) is 19.3 Å². The van der Waals surface area contributed by atoms with Gasteiger partial charge in [-0.2, -0.15) is 5.10 Å². The maximum Gasteiger partial charge on any atom is 0.0522 e. The van der Waals surface area contributed by atoms with Gasteiger partial charge < -0.3 is 5.32 Å². The Morgan fingerprint density at radius 1 is 1.41 bits per heavy atom. The van der Waals surface area contributed by atoms with Crippen LogP contribution in [0.15, 0.2) is 24.5 Å². The predicted molar refractivity (Wildman–Crippen MR) is 68.6 cm³/mol. The number of nitrogens with one attached hydrogen (secondary N) is 1. The second-order valence-corrected chi connectivity index (χ2v) is 5.52. The lowest BCUT2D eigenvalue weighted by Gasteiger charge is -2.18. The molecular weight excluding hydrogens is 210 g/mol. The molecule has 1 aromatic heterocycles. The molecule has 3 nitrogen and oxygen atoms in total. The Morgan fingerprint density at radius 3 is 3.00 bits per heavy atom. The maximum atomic E-state index is 4.18. The highest BCUT2D eigenvalue weighted by Crippen LogP contribution is 2.42. The summed E-state index contributed by atoms with van der Waals surface area (Å²) in [6.07, 6.45) is 12.8. The smallest absolute Gasteiger partial charge is 0.0522 e. The highest BCUT2D eigenvalue weighted by Gasteiger charge is 2.34. The predicted octanol–water partition coefficient (Wildman–Crippen LogP) is 1.76. The van der Waals surface area contributed by atoms with Crippen LogP contribution in [0.2, 0.25) is 0 Å². The molecule has 17 heavy (non-hydrogen) atoms. The van der Waals surface area contributed by atoms with Crippen molar-refractivity contribution >= 4 is 0 Å². The van der Waals surface area contributed by atoms with Crippen molar-refractivity contribution in [1.29, 1.82) is 0 Å². The van der Waals surface area contributed by atoms with E-state index in [1.165, 1.54) is 24.9 Å². The molecule has 2 aliphatic carbocycles. The highest BCUT2D eigenvalue weighted by atomic mass is 15.2. The molecule has 0 amide bonds. The minimum atomic E-state index is 0.867. The normalized spacial score (nSPS) is 30.3. The van der Waals surface area contributed by atoms with Gasteiger partial charge in [-0.15, -0.1) is 0 Å². The van der Waals surface area contributed by atoms with Crippen LogP contribution < -0.4 is 5.32 Å². The van der Waals surface area contributed by atoms with E-state index in [0.29, 0.717) is 0 Å². The summed E-state index contributed by atoms with van der Waals surface area (Å²) < 4.78 is 1.87. The number of hydrogen-bond acceptors (Lipinski definition) is 2. The SMILES string of the molecule is Cn1cc(CCNCC2CC3C=CC2C3)cn1. The van der Waals surface area contributed by atoms with Crippen molar-refractivity contribution in [1.82, 2.24) is 15.1 Å². The number of rotatable bonds is 5. The zero-order valence-corrected chi connectivity index (χ0v) is 10.5. The highest BCUT2D eigenvalue weighted by molar-refractivity contribution is 5.10. The maximum absolute atomic E-state index is 4.18. The van der Waals surface area contributed by atoms with Crippen LogP contribution in [-0.4, -0.2) is 22.9 Å². The van der Waals surface area contributed by atoms with Crippen LogP contribution in [0.3, 0.4) is 0 Å². The molecule has 0 saturated heterocycles. The second-order valence-electron chi connectivity index (χ2n) is 5.52. The molecule has 1 fully saturated rings. The topological polar surface area (TPSA) is 29.9 Å². The number of fused-ring (bicyclic) bond motifs is 2. The van der Waals surface area contributed by atoms with Gasteiger partial charge in [0.2, 0.25) is 0 Å². The van der Waals surface area contributed by atoms with Gasteiger partial charge in [0.25, 0.3) is 0 Å². The Morgan fingerprint density at radius 2 is 2.35 bits per heavy atom. The van der Waals surface area contributed by atoms with Crippen LogP contribution in [-0.2, 0) is 13.5 Å². The number of nitrogens with zero attached hydrogens (tertiary/aromatic N) is 2. The van der Waals surface area contributed by atoms with Crippen LogP contribution >= 0.6 is 0 Å². The van der Waals surface area contributed by atoms with E-state index in [-0.39, 0.29) is 0 Å². The number of aryl methyl sites for hydroxylation is 1. The van der Waals surface area contributed by atoms with Crippen LogP contribution in [0.1, 0.15) is 18.4 Å².